The van der Waals surface area contributed by atoms with Gasteiger partial charge >= 0.3 is 0 Å². The van der Waals surface area contributed by atoms with Crippen LogP contribution in [-0.4, -0.2) is 12.3 Å². The Labute approximate surface area is 181 Å². The van der Waals surface area contributed by atoms with Crippen molar-refractivity contribution in [3.05, 3.63) is 113 Å². The number of hydrogen-bond acceptors (Lipinski definition) is 4. The van der Waals surface area contributed by atoms with Crippen LogP contribution < -0.4 is 16.8 Å². The highest BCUT2D eigenvalue weighted by Crippen LogP contribution is 2.13. The number of ether oxygens (including phenoxy) is 2. The summed E-state index contributed by atoms with van der Waals surface area (Å²) in [5.41, 5.74) is 16.7. The Balaban J connectivity index is 1.69. The molecule has 30 heavy (non-hydrogen) atoms. The third kappa shape index (κ3) is 7.08. The molecule has 0 saturated heterocycles. The van der Waals surface area contributed by atoms with Crippen molar-refractivity contribution in [3.63, 3.8) is 0 Å². The molecule has 0 saturated carbocycles. The molecule has 0 amide bonds. The van der Waals surface area contributed by atoms with E-state index in [0.29, 0.717) is 25.3 Å². The van der Waals surface area contributed by atoms with Crippen molar-refractivity contribution in [2.24, 2.45) is 11.5 Å². The zero-order valence-electron chi connectivity index (χ0n) is 17.0. The molecule has 0 heterocycles. The molecule has 0 fully saturated rings. The number of allylic oxidation sites excluding steroid dienone is 1. The number of rotatable bonds is 10. The van der Waals surface area contributed by atoms with Gasteiger partial charge in [-0.2, -0.15) is 0 Å². The summed E-state index contributed by atoms with van der Waals surface area (Å²) in [6.45, 7) is 0.841. The summed E-state index contributed by atoms with van der Waals surface area (Å²) in [5.74, 6) is 0. The van der Waals surface area contributed by atoms with Crippen molar-refractivity contribution in [2.75, 3.05) is 0 Å². The first-order chi connectivity index (χ1) is 14.6. The largest absolute Gasteiger partial charge is 0.402 e. The lowest BCUT2D eigenvalue weighted by molar-refractivity contribution is -0.0618. The highest BCUT2D eigenvalue weighted by Gasteiger charge is 2.18. The molecule has 3 aromatic rings. The van der Waals surface area contributed by atoms with Gasteiger partial charge in [-0.1, -0.05) is 84.9 Å². The normalized spacial score (nSPS) is 13.7. The lowest BCUT2D eigenvalue weighted by Gasteiger charge is -2.23. The quantitative estimate of drug-likeness (QED) is 0.388. The van der Waals surface area contributed by atoms with E-state index in [1.54, 1.807) is 0 Å². The Bertz CT molecular complexity index is 932. The van der Waals surface area contributed by atoms with E-state index >= 15 is 0 Å². The van der Waals surface area contributed by atoms with Crippen LogP contribution in [0.5, 0.6) is 0 Å². The average Bonchev–Trinajstić information content (AvgIpc) is 2.78. The predicted molar refractivity (Wildman–Crippen MR) is 126 cm³/mol. The van der Waals surface area contributed by atoms with E-state index in [0.717, 1.165) is 22.0 Å². The first-order valence-corrected chi connectivity index (χ1v) is 10.6. The zero-order valence-corrected chi connectivity index (χ0v) is 18.1. The molecule has 0 aliphatic carbocycles. The lowest BCUT2D eigenvalue weighted by atomic mass is 10.1. The minimum atomic E-state index is -0.640. The Morgan fingerprint density at radius 2 is 1.33 bits per heavy atom. The first kappa shape index (κ1) is 22.2. The van der Waals surface area contributed by atoms with Crippen molar-refractivity contribution in [2.45, 2.75) is 32.0 Å². The van der Waals surface area contributed by atoms with Crippen LogP contribution in [0.1, 0.15) is 16.7 Å². The van der Waals surface area contributed by atoms with Gasteiger partial charge in [-0.05, 0) is 28.1 Å². The summed E-state index contributed by atoms with van der Waals surface area (Å²) in [5, 5.41) is 1.13. The second-order valence-electron chi connectivity index (χ2n) is 7.14. The summed E-state index contributed by atoms with van der Waals surface area (Å²) in [7, 11) is 2.74. The van der Waals surface area contributed by atoms with Crippen molar-refractivity contribution in [1.29, 1.82) is 0 Å². The molecule has 156 valence electrons. The van der Waals surface area contributed by atoms with Gasteiger partial charge < -0.3 is 20.9 Å². The standard InChI is InChI=1S/C25H29N2O2P/c26-22(15-21-13-7-8-14-24(21)30)16-23(28-17-19-9-3-1-4-10-19)25(27)29-18-20-11-5-2-6-12-20/h1-14,16,23,25H,15,17-18,26-27,30H2/b22-16-. The Morgan fingerprint density at radius 1 is 0.800 bits per heavy atom. The Hall–Kier alpha value is -2.49. The molecule has 0 spiro atoms. The van der Waals surface area contributed by atoms with E-state index in [4.69, 9.17) is 20.9 Å². The van der Waals surface area contributed by atoms with Gasteiger partial charge in [0.15, 0.2) is 0 Å². The molecule has 3 rings (SSSR count). The van der Waals surface area contributed by atoms with Gasteiger partial charge in [-0.15, -0.1) is 9.24 Å². The third-order valence-electron chi connectivity index (χ3n) is 4.72. The second-order valence-corrected chi connectivity index (χ2v) is 7.76. The SMILES string of the molecule is N/C(=C\C(OCc1ccccc1)C(N)OCc1ccccc1)Cc1ccccc1P. The van der Waals surface area contributed by atoms with Crippen LogP contribution in [0.4, 0.5) is 0 Å². The molecule has 4 N–H and O–H groups in total. The minimum Gasteiger partial charge on any atom is -0.402 e. The van der Waals surface area contributed by atoms with Crippen LogP contribution >= 0.6 is 9.24 Å². The fourth-order valence-electron chi connectivity index (χ4n) is 3.05. The molecule has 3 atom stereocenters. The van der Waals surface area contributed by atoms with E-state index in [1.807, 2.05) is 84.9 Å². The van der Waals surface area contributed by atoms with Gasteiger partial charge in [0, 0.05) is 12.1 Å². The van der Waals surface area contributed by atoms with E-state index in [1.165, 1.54) is 0 Å². The highest BCUT2D eigenvalue weighted by atomic mass is 31.0. The monoisotopic (exact) mass is 420 g/mol. The molecular formula is C25H29N2O2P. The van der Waals surface area contributed by atoms with Gasteiger partial charge in [0.05, 0.1) is 13.2 Å². The molecule has 0 radical (unpaired) electrons. The fraction of sp³-hybridized carbons (Fsp3) is 0.200. The maximum Gasteiger partial charge on any atom is 0.136 e. The second kappa shape index (κ2) is 11.6. The van der Waals surface area contributed by atoms with Crippen LogP contribution in [0, 0.1) is 0 Å². The molecule has 3 unspecified atom stereocenters. The Morgan fingerprint density at radius 3 is 1.93 bits per heavy atom. The molecule has 0 aliphatic rings. The Kier molecular flexibility index (Phi) is 8.61. The van der Waals surface area contributed by atoms with Crippen LogP contribution in [0.2, 0.25) is 0 Å². The van der Waals surface area contributed by atoms with E-state index in [-0.39, 0.29) is 0 Å². The average molecular weight is 420 g/mol. The van der Waals surface area contributed by atoms with E-state index in [2.05, 4.69) is 15.3 Å². The minimum absolute atomic E-state index is 0.412. The van der Waals surface area contributed by atoms with E-state index in [9.17, 15) is 0 Å². The molecular weight excluding hydrogens is 391 g/mol. The van der Waals surface area contributed by atoms with Crippen LogP contribution in [0.15, 0.2) is 96.7 Å². The maximum atomic E-state index is 6.35. The fourth-order valence-corrected chi connectivity index (χ4v) is 3.36. The lowest BCUT2D eigenvalue weighted by Crippen LogP contribution is -2.38. The van der Waals surface area contributed by atoms with Crippen molar-refractivity contribution in [3.8, 4) is 0 Å². The molecule has 3 aromatic carbocycles. The van der Waals surface area contributed by atoms with Crippen molar-refractivity contribution < 1.29 is 9.47 Å². The van der Waals surface area contributed by atoms with Crippen LogP contribution in [-0.2, 0) is 29.1 Å². The van der Waals surface area contributed by atoms with Gasteiger partial charge in [0.2, 0.25) is 0 Å². The summed E-state index contributed by atoms with van der Waals surface area (Å²) in [4.78, 5) is 0. The topological polar surface area (TPSA) is 70.5 Å². The summed E-state index contributed by atoms with van der Waals surface area (Å²) >= 11 is 0. The summed E-state index contributed by atoms with van der Waals surface area (Å²) < 4.78 is 12.0. The summed E-state index contributed by atoms with van der Waals surface area (Å²) in [6, 6.07) is 28.1. The van der Waals surface area contributed by atoms with Crippen LogP contribution in [0.25, 0.3) is 0 Å². The van der Waals surface area contributed by atoms with Gasteiger partial charge in [0.25, 0.3) is 0 Å². The third-order valence-corrected chi connectivity index (χ3v) is 5.29. The highest BCUT2D eigenvalue weighted by molar-refractivity contribution is 7.27. The molecule has 4 nitrogen and oxygen atoms in total. The molecule has 0 bridgehead atoms. The number of benzene rings is 3. The van der Waals surface area contributed by atoms with Crippen molar-refractivity contribution in [1.82, 2.24) is 0 Å². The van der Waals surface area contributed by atoms with Gasteiger partial charge in [0.1, 0.15) is 12.3 Å². The van der Waals surface area contributed by atoms with Gasteiger partial charge in [-0.25, -0.2) is 0 Å². The van der Waals surface area contributed by atoms with E-state index < -0.39 is 12.3 Å². The smallest absolute Gasteiger partial charge is 0.136 e. The molecule has 5 heteroatoms. The number of hydrogen-bond donors (Lipinski definition) is 2. The van der Waals surface area contributed by atoms with Gasteiger partial charge in [-0.3, -0.25) is 0 Å². The number of nitrogens with two attached hydrogens (primary N) is 2. The summed E-state index contributed by atoms with van der Waals surface area (Å²) in [6.07, 6.45) is 1.38. The zero-order chi connectivity index (χ0) is 21.2. The maximum absolute atomic E-state index is 6.35. The predicted octanol–water partition coefficient (Wildman–Crippen LogP) is 3.66. The van der Waals surface area contributed by atoms with Crippen LogP contribution in [0.3, 0.4) is 0 Å². The molecule has 0 aromatic heterocycles. The first-order valence-electron chi connectivity index (χ1n) is 9.98. The molecule has 0 aliphatic heterocycles. The van der Waals surface area contributed by atoms with Crippen molar-refractivity contribution >= 4 is 14.5 Å².